The Morgan fingerprint density at radius 2 is 1.93 bits per heavy atom. The van der Waals surface area contributed by atoms with Crippen LogP contribution in [0.2, 0.25) is 5.02 Å². The minimum absolute atomic E-state index is 0.203. The predicted molar refractivity (Wildman–Crippen MR) is 106 cm³/mol. The number of carbonyl (C=O) groups is 1. The molecule has 5 nitrogen and oxygen atoms in total. The highest BCUT2D eigenvalue weighted by molar-refractivity contribution is 6.31. The van der Waals surface area contributed by atoms with Crippen molar-refractivity contribution in [3.8, 4) is 5.88 Å². The number of nitrogens with one attached hydrogen (secondary N) is 1. The van der Waals surface area contributed by atoms with Gasteiger partial charge < -0.3 is 14.5 Å². The summed E-state index contributed by atoms with van der Waals surface area (Å²) in [5.41, 5.74) is 4.04. The van der Waals surface area contributed by atoms with Crippen molar-refractivity contribution in [2.24, 2.45) is 0 Å². The zero-order chi connectivity index (χ0) is 18.8. The first-order valence-corrected chi connectivity index (χ1v) is 9.01. The number of fused-ring (bicyclic) bond motifs is 3. The molecule has 2 aromatic carbocycles. The topological polar surface area (TPSA) is 64.2 Å². The quantitative estimate of drug-likeness (QED) is 0.475. The van der Waals surface area contributed by atoms with Crippen molar-refractivity contribution in [2.75, 3.05) is 6.61 Å². The number of nitrogens with zero attached hydrogens (tertiary/aromatic N) is 1. The Balaban J connectivity index is 1.80. The van der Waals surface area contributed by atoms with Gasteiger partial charge in [0.05, 0.1) is 18.3 Å². The van der Waals surface area contributed by atoms with Crippen molar-refractivity contribution in [3.05, 3.63) is 70.9 Å². The standard InChI is InChI=1S/C21H17ClN2O3/c1-2-26-21(25)27-19-11-15-18(12-23-19)24-17-9-5-7-14(20(15)17)10-13-6-3-4-8-16(13)22/h3-9,11-12,24H,2,10H2,1H3. The number of halogens is 1. The smallest absolute Gasteiger partial charge is 0.434 e. The van der Waals surface area contributed by atoms with Gasteiger partial charge in [-0.25, -0.2) is 9.78 Å². The second kappa shape index (κ2) is 7.29. The lowest BCUT2D eigenvalue weighted by Crippen LogP contribution is -2.10. The molecule has 0 atom stereocenters. The van der Waals surface area contributed by atoms with Crippen molar-refractivity contribution in [1.82, 2.24) is 9.97 Å². The Bertz CT molecular complexity index is 1140. The number of carbonyl (C=O) groups excluding carboxylic acids is 1. The SMILES string of the molecule is CCOC(=O)Oc1cc2c(cn1)[nH]c1cccc(Cc3ccccc3Cl)c12. The lowest BCUT2D eigenvalue weighted by Gasteiger charge is -2.07. The van der Waals surface area contributed by atoms with E-state index >= 15 is 0 Å². The van der Waals surface area contributed by atoms with Crippen LogP contribution in [0.1, 0.15) is 18.1 Å². The van der Waals surface area contributed by atoms with Gasteiger partial charge in [0, 0.05) is 27.4 Å². The van der Waals surface area contributed by atoms with E-state index < -0.39 is 6.16 Å². The number of H-pyrrole nitrogens is 1. The number of aromatic amines is 1. The maximum atomic E-state index is 11.6. The molecule has 0 aliphatic carbocycles. The summed E-state index contributed by atoms with van der Waals surface area (Å²) in [6.07, 6.45) is 1.59. The molecular weight excluding hydrogens is 364 g/mol. The van der Waals surface area contributed by atoms with E-state index in [1.807, 2.05) is 36.4 Å². The minimum atomic E-state index is -0.763. The van der Waals surface area contributed by atoms with Crippen molar-refractivity contribution in [2.45, 2.75) is 13.3 Å². The first kappa shape index (κ1) is 17.4. The highest BCUT2D eigenvalue weighted by Gasteiger charge is 2.13. The van der Waals surface area contributed by atoms with E-state index in [-0.39, 0.29) is 12.5 Å². The molecule has 0 saturated carbocycles. The number of aromatic nitrogens is 2. The summed E-state index contributed by atoms with van der Waals surface area (Å²) in [6, 6.07) is 15.7. The number of rotatable bonds is 4. The lowest BCUT2D eigenvalue weighted by molar-refractivity contribution is 0.103. The Kier molecular flexibility index (Phi) is 4.69. The molecule has 2 aromatic heterocycles. The Morgan fingerprint density at radius 3 is 2.74 bits per heavy atom. The van der Waals surface area contributed by atoms with Gasteiger partial charge >= 0.3 is 6.16 Å². The van der Waals surface area contributed by atoms with Gasteiger partial charge in [-0.05, 0) is 36.6 Å². The van der Waals surface area contributed by atoms with Gasteiger partial charge in [0.25, 0.3) is 0 Å². The minimum Gasteiger partial charge on any atom is -0.434 e. The largest absolute Gasteiger partial charge is 0.515 e. The molecule has 4 rings (SSSR count). The normalized spacial score (nSPS) is 11.0. The van der Waals surface area contributed by atoms with Gasteiger partial charge in [-0.2, -0.15) is 0 Å². The summed E-state index contributed by atoms with van der Waals surface area (Å²) in [5.74, 6) is 0.203. The molecule has 0 fully saturated rings. The van der Waals surface area contributed by atoms with Gasteiger partial charge in [0.1, 0.15) is 0 Å². The van der Waals surface area contributed by atoms with Crippen LogP contribution in [0.3, 0.4) is 0 Å². The van der Waals surface area contributed by atoms with Crippen LogP contribution in [0.15, 0.2) is 54.7 Å². The fourth-order valence-electron chi connectivity index (χ4n) is 3.19. The Labute approximate surface area is 160 Å². The molecule has 0 radical (unpaired) electrons. The zero-order valence-electron chi connectivity index (χ0n) is 14.7. The van der Waals surface area contributed by atoms with Gasteiger partial charge in [-0.3, -0.25) is 0 Å². The Hall–Kier alpha value is -3.05. The van der Waals surface area contributed by atoms with E-state index in [4.69, 9.17) is 21.1 Å². The molecule has 0 unspecified atom stereocenters. The zero-order valence-corrected chi connectivity index (χ0v) is 15.4. The van der Waals surface area contributed by atoms with Gasteiger partial charge in [0.15, 0.2) is 0 Å². The molecule has 0 bridgehead atoms. The van der Waals surface area contributed by atoms with Crippen LogP contribution in [0.25, 0.3) is 21.8 Å². The molecule has 1 N–H and O–H groups in total. The monoisotopic (exact) mass is 380 g/mol. The fraction of sp³-hybridized carbons (Fsp3) is 0.143. The Morgan fingerprint density at radius 1 is 1.11 bits per heavy atom. The number of hydrogen-bond acceptors (Lipinski definition) is 4. The molecule has 4 aromatic rings. The third-order valence-electron chi connectivity index (χ3n) is 4.36. The second-order valence-corrected chi connectivity index (χ2v) is 6.49. The third-order valence-corrected chi connectivity index (χ3v) is 4.73. The summed E-state index contributed by atoms with van der Waals surface area (Å²) in [4.78, 5) is 19.1. The summed E-state index contributed by atoms with van der Waals surface area (Å²) in [6.45, 7) is 1.97. The molecule has 136 valence electrons. The van der Waals surface area contributed by atoms with Crippen LogP contribution in [0.4, 0.5) is 4.79 Å². The van der Waals surface area contributed by atoms with Crippen molar-refractivity contribution in [3.63, 3.8) is 0 Å². The summed E-state index contributed by atoms with van der Waals surface area (Å²) in [5, 5.41) is 2.73. The van der Waals surface area contributed by atoms with Crippen molar-refractivity contribution >= 4 is 39.6 Å². The van der Waals surface area contributed by atoms with Crippen LogP contribution < -0.4 is 4.74 Å². The molecule has 0 aliphatic heterocycles. The van der Waals surface area contributed by atoms with Gasteiger partial charge in [0.2, 0.25) is 5.88 Å². The number of pyridine rings is 1. The highest BCUT2D eigenvalue weighted by atomic mass is 35.5. The van der Waals surface area contributed by atoms with E-state index in [0.29, 0.717) is 6.42 Å². The second-order valence-electron chi connectivity index (χ2n) is 6.09. The van der Waals surface area contributed by atoms with Crippen molar-refractivity contribution < 1.29 is 14.3 Å². The van der Waals surface area contributed by atoms with Gasteiger partial charge in [-0.15, -0.1) is 0 Å². The van der Waals surface area contributed by atoms with Gasteiger partial charge in [-0.1, -0.05) is 41.9 Å². The molecule has 0 aliphatic rings. The van der Waals surface area contributed by atoms with Crippen molar-refractivity contribution in [1.29, 1.82) is 0 Å². The highest BCUT2D eigenvalue weighted by Crippen LogP contribution is 2.32. The van der Waals surface area contributed by atoms with E-state index in [0.717, 1.165) is 38.0 Å². The van der Waals surface area contributed by atoms with E-state index in [1.54, 1.807) is 19.2 Å². The maximum absolute atomic E-state index is 11.6. The maximum Gasteiger partial charge on any atom is 0.515 e. The number of benzene rings is 2. The third kappa shape index (κ3) is 3.46. The average Bonchev–Trinajstić information content (AvgIpc) is 3.02. The molecule has 0 amide bonds. The first-order chi connectivity index (χ1) is 13.2. The van der Waals surface area contributed by atoms with Crippen LogP contribution in [-0.4, -0.2) is 22.7 Å². The molecule has 27 heavy (non-hydrogen) atoms. The molecular formula is C21H17ClN2O3. The van der Waals surface area contributed by atoms with Crippen LogP contribution >= 0.6 is 11.6 Å². The fourth-order valence-corrected chi connectivity index (χ4v) is 3.40. The molecule has 6 heteroatoms. The van der Waals surface area contributed by atoms with Crippen LogP contribution in [0, 0.1) is 0 Å². The number of hydrogen-bond donors (Lipinski definition) is 1. The summed E-state index contributed by atoms with van der Waals surface area (Å²) < 4.78 is 9.97. The lowest BCUT2D eigenvalue weighted by atomic mass is 10.00. The van der Waals surface area contributed by atoms with E-state index in [2.05, 4.69) is 16.0 Å². The molecule has 2 heterocycles. The van der Waals surface area contributed by atoms with Crippen LogP contribution in [-0.2, 0) is 11.2 Å². The number of ether oxygens (including phenoxy) is 2. The first-order valence-electron chi connectivity index (χ1n) is 8.63. The van der Waals surface area contributed by atoms with E-state index in [9.17, 15) is 4.79 Å². The molecule has 0 saturated heterocycles. The summed E-state index contributed by atoms with van der Waals surface area (Å²) in [7, 11) is 0. The average molecular weight is 381 g/mol. The predicted octanol–water partition coefficient (Wildman–Crippen LogP) is 5.50. The van der Waals surface area contributed by atoms with E-state index in [1.165, 1.54) is 0 Å². The summed E-state index contributed by atoms with van der Waals surface area (Å²) >= 11 is 6.34. The molecule has 0 spiro atoms. The van der Waals surface area contributed by atoms with Crippen LogP contribution in [0.5, 0.6) is 5.88 Å².